The fourth-order valence-corrected chi connectivity index (χ4v) is 2.91. The largest absolute Gasteiger partial charge is 0.497 e. The Hall–Kier alpha value is -1.81. The molecule has 0 amide bonds. The monoisotopic (exact) mass is 271 g/mol. The van der Waals surface area contributed by atoms with Crippen LogP contribution in [0.25, 0.3) is 0 Å². The lowest BCUT2D eigenvalue weighted by atomic mass is 9.87. The predicted molar refractivity (Wildman–Crippen MR) is 78.7 cm³/mol. The van der Waals surface area contributed by atoms with Crippen molar-refractivity contribution in [2.24, 2.45) is 7.05 Å². The van der Waals surface area contributed by atoms with Gasteiger partial charge in [0.25, 0.3) is 0 Å². The first-order chi connectivity index (χ1) is 9.76. The van der Waals surface area contributed by atoms with Crippen LogP contribution in [-0.4, -0.2) is 16.9 Å². The van der Waals surface area contributed by atoms with Gasteiger partial charge in [-0.3, -0.25) is 4.68 Å². The van der Waals surface area contributed by atoms with E-state index >= 15 is 0 Å². The minimum Gasteiger partial charge on any atom is -0.497 e. The Balaban J connectivity index is 1.73. The summed E-state index contributed by atoms with van der Waals surface area (Å²) in [6.07, 6.45) is 5.54. The molecule has 1 aromatic carbocycles. The van der Waals surface area contributed by atoms with Crippen molar-refractivity contribution in [2.75, 3.05) is 7.11 Å². The molecule has 0 aliphatic heterocycles. The van der Waals surface area contributed by atoms with Crippen molar-refractivity contribution >= 4 is 0 Å². The molecule has 1 heterocycles. The van der Waals surface area contributed by atoms with Gasteiger partial charge in [-0.1, -0.05) is 6.07 Å². The van der Waals surface area contributed by atoms with Gasteiger partial charge in [0.05, 0.1) is 12.8 Å². The first kappa shape index (κ1) is 13.2. The summed E-state index contributed by atoms with van der Waals surface area (Å²) in [5, 5.41) is 8.04. The lowest BCUT2D eigenvalue weighted by molar-refractivity contribution is 0.410. The highest BCUT2D eigenvalue weighted by atomic mass is 16.5. The summed E-state index contributed by atoms with van der Waals surface area (Å²) in [6.45, 7) is 0.816. The van der Waals surface area contributed by atoms with Crippen LogP contribution in [-0.2, 0) is 20.0 Å². The molecule has 106 valence electrons. The van der Waals surface area contributed by atoms with E-state index in [1.54, 1.807) is 7.11 Å². The standard InChI is InChI=1S/C16H21N3O/c1-19-9-8-13(18-19)11-17-16-5-3-4-12-10-14(20-2)6-7-15(12)16/h6-10,16-17H,3-5,11H2,1-2H3. The zero-order valence-electron chi connectivity index (χ0n) is 12.1. The zero-order valence-corrected chi connectivity index (χ0v) is 12.1. The molecule has 4 nitrogen and oxygen atoms in total. The average molecular weight is 271 g/mol. The number of nitrogens with one attached hydrogen (secondary N) is 1. The molecular formula is C16H21N3O. The Morgan fingerprint density at radius 2 is 2.30 bits per heavy atom. The molecule has 20 heavy (non-hydrogen) atoms. The van der Waals surface area contributed by atoms with Gasteiger partial charge in [0.15, 0.2) is 0 Å². The van der Waals surface area contributed by atoms with Crippen LogP contribution in [0.1, 0.15) is 35.7 Å². The van der Waals surface area contributed by atoms with E-state index in [-0.39, 0.29) is 0 Å². The summed E-state index contributed by atoms with van der Waals surface area (Å²) in [5.74, 6) is 0.953. The fraction of sp³-hybridized carbons (Fsp3) is 0.438. The van der Waals surface area contributed by atoms with Crippen LogP contribution >= 0.6 is 0 Å². The van der Waals surface area contributed by atoms with Crippen LogP contribution < -0.4 is 10.1 Å². The van der Waals surface area contributed by atoms with Crippen molar-refractivity contribution in [3.05, 3.63) is 47.3 Å². The summed E-state index contributed by atoms with van der Waals surface area (Å²) in [4.78, 5) is 0. The maximum absolute atomic E-state index is 5.31. The molecule has 0 spiro atoms. The van der Waals surface area contributed by atoms with Crippen molar-refractivity contribution < 1.29 is 4.74 Å². The van der Waals surface area contributed by atoms with Crippen molar-refractivity contribution in [1.82, 2.24) is 15.1 Å². The minimum absolute atomic E-state index is 0.423. The molecule has 0 radical (unpaired) electrons. The third-order valence-corrected chi connectivity index (χ3v) is 3.96. The molecule has 1 aliphatic rings. The Labute approximate surface area is 119 Å². The molecule has 0 fully saturated rings. The highest BCUT2D eigenvalue weighted by Gasteiger charge is 2.20. The highest BCUT2D eigenvalue weighted by molar-refractivity contribution is 5.39. The van der Waals surface area contributed by atoms with Crippen molar-refractivity contribution in [1.29, 1.82) is 0 Å². The van der Waals surface area contributed by atoms with Crippen molar-refractivity contribution in [3.63, 3.8) is 0 Å². The van der Waals surface area contributed by atoms with Crippen LogP contribution in [0, 0.1) is 0 Å². The van der Waals surface area contributed by atoms with Gasteiger partial charge in [0.1, 0.15) is 5.75 Å². The zero-order chi connectivity index (χ0) is 13.9. The second-order valence-corrected chi connectivity index (χ2v) is 5.37. The predicted octanol–water partition coefficient (Wildman–Crippen LogP) is 2.60. The molecule has 0 saturated carbocycles. The number of nitrogens with zero attached hydrogens (tertiary/aromatic N) is 2. The van der Waals surface area contributed by atoms with E-state index in [1.165, 1.54) is 24.0 Å². The van der Waals surface area contributed by atoms with Crippen molar-refractivity contribution in [3.8, 4) is 5.75 Å². The molecule has 0 saturated heterocycles. The SMILES string of the molecule is COc1ccc2c(c1)CCCC2NCc1ccn(C)n1. The van der Waals surface area contributed by atoms with E-state index in [4.69, 9.17) is 4.74 Å². The molecular weight excluding hydrogens is 250 g/mol. The van der Waals surface area contributed by atoms with Gasteiger partial charge in [0, 0.05) is 25.8 Å². The van der Waals surface area contributed by atoms with Gasteiger partial charge in [-0.15, -0.1) is 0 Å². The fourth-order valence-electron chi connectivity index (χ4n) is 2.91. The Bertz CT molecular complexity index is 591. The molecule has 1 N–H and O–H groups in total. The van der Waals surface area contributed by atoms with Gasteiger partial charge >= 0.3 is 0 Å². The molecule has 3 rings (SSSR count). The number of hydrogen-bond donors (Lipinski definition) is 1. The van der Waals surface area contributed by atoms with E-state index in [9.17, 15) is 0 Å². The van der Waals surface area contributed by atoms with E-state index < -0.39 is 0 Å². The van der Waals surface area contributed by atoms with Gasteiger partial charge in [-0.25, -0.2) is 0 Å². The smallest absolute Gasteiger partial charge is 0.119 e. The van der Waals surface area contributed by atoms with Gasteiger partial charge < -0.3 is 10.1 Å². The molecule has 0 bridgehead atoms. The van der Waals surface area contributed by atoms with Crippen LogP contribution in [0.2, 0.25) is 0 Å². The Morgan fingerprint density at radius 1 is 1.40 bits per heavy atom. The highest BCUT2D eigenvalue weighted by Crippen LogP contribution is 2.32. The third kappa shape index (κ3) is 2.70. The van der Waals surface area contributed by atoms with Gasteiger partial charge in [0.2, 0.25) is 0 Å². The topological polar surface area (TPSA) is 39.1 Å². The quantitative estimate of drug-likeness (QED) is 0.929. The summed E-state index contributed by atoms with van der Waals surface area (Å²) in [6, 6.07) is 8.91. The second kappa shape index (κ2) is 5.67. The van der Waals surface area contributed by atoms with Crippen LogP contribution in [0.15, 0.2) is 30.5 Å². The first-order valence-electron chi connectivity index (χ1n) is 7.15. The van der Waals surface area contributed by atoms with Gasteiger partial charge in [-0.2, -0.15) is 5.10 Å². The lowest BCUT2D eigenvalue weighted by Gasteiger charge is -2.26. The van der Waals surface area contributed by atoms with E-state index in [0.29, 0.717) is 6.04 Å². The van der Waals surface area contributed by atoms with E-state index in [2.05, 4.69) is 34.7 Å². The third-order valence-electron chi connectivity index (χ3n) is 3.96. The summed E-state index contributed by atoms with van der Waals surface area (Å²) in [5.41, 5.74) is 3.91. The van der Waals surface area contributed by atoms with E-state index in [1.807, 2.05) is 17.9 Å². The molecule has 1 unspecified atom stereocenters. The maximum Gasteiger partial charge on any atom is 0.119 e. The number of fused-ring (bicyclic) bond motifs is 1. The molecule has 1 aromatic heterocycles. The molecule has 4 heteroatoms. The summed E-state index contributed by atoms with van der Waals surface area (Å²) < 4.78 is 7.16. The normalized spacial score (nSPS) is 17.8. The number of rotatable bonds is 4. The number of methoxy groups -OCH3 is 1. The maximum atomic E-state index is 5.31. The number of aromatic nitrogens is 2. The number of benzene rings is 1. The average Bonchev–Trinajstić information content (AvgIpc) is 2.90. The Morgan fingerprint density at radius 3 is 3.05 bits per heavy atom. The number of ether oxygens (including phenoxy) is 1. The molecule has 1 aliphatic carbocycles. The molecule has 1 atom stereocenters. The number of aryl methyl sites for hydroxylation is 2. The Kier molecular flexibility index (Phi) is 3.74. The minimum atomic E-state index is 0.423. The molecule has 2 aromatic rings. The van der Waals surface area contributed by atoms with Crippen LogP contribution in [0.4, 0.5) is 0 Å². The van der Waals surface area contributed by atoms with Crippen molar-refractivity contribution in [2.45, 2.75) is 31.8 Å². The summed E-state index contributed by atoms with van der Waals surface area (Å²) >= 11 is 0. The lowest BCUT2D eigenvalue weighted by Crippen LogP contribution is -2.25. The first-order valence-corrected chi connectivity index (χ1v) is 7.15. The van der Waals surface area contributed by atoms with Crippen LogP contribution in [0.5, 0.6) is 5.75 Å². The van der Waals surface area contributed by atoms with E-state index in [0.717, 1.165) is 24.4 Å². The summed E-state index contributed by atoms with van der Waals surface area (Å²) in [7, 11) is 3.67. The van der Waals surface area contributed by atoms with Gasteiger partial charge in [-0.05, 0) is 48.6 Å². The number of hydrogen-bond acceptors (Lipinski definition) is 3. The van der Waals surface area contributed by atoms with Crippen LogP contribution in [0.3, 0.4) is 0 Å². The second-order valence-electron chi connectivity index (χ2n) is 5.37.